The molecule has 1 aliphatic carbocycles. The molecular formula is C15H22BrNO. The SMILES string of the molecule is CCOC(C1CC1)C(Cc1cccc(Br)c1)NC. The number of rotatable bonds is 7. The zero-order valence-corrected chi connectivity index (χ0v) is 12.7. The molecule has 2 rings (SSSR count). The molecule has 1 aliphatic rings. The number of hydrogen-bond acceptors (Lipinski definition) is 2. The molecule has 0 saturated heterocycles. The van der Waals surface area contributed by atoms with E-state index in [0.717, 1.165) is 23.4 Å². The molecule has 0 spiro atoms. The summed E-state index contributed by atoms with van der Waals surface area (Å²) < 4.78 is 7.09. The lowest BCUT2D eigenvalue weighted by Gasteiger charge is -2.27. The molecule has 1 N–H and O–H groups in total. The number of benzene rings is 1. The van der Waals surface area contributed by atoms with Crippen molar-refractivity contribution in [3.63, 3.8) is 0 Å². The number of hydrogen-bond donors (Lipinski definition) is 1. The minimum absolute atomic E-state index is 0.360. The standard InChI is InChI=1S/C15H22BrNO/c1-3-18-15(12-7-8-12)14(17-2)10-11-5-4-6-13(16)9-11/h4-6,9,12,14-15,17H,3,7-8,10H2,1-2H3. The molecule has 1 fully saturated rings. The molecule has 0 bridgehead atoms. The maximum atomic E-state index is 5.95. The van der Waals surface area contributed by atoms with E-state index in [1.165, 1.54) is 18.4 Å². The average Bonchev–Trinajstić information content (AvgIpc) is 3.18. The van der Waals surface area contributed by atoms with Gasteiger partial charge in [0.2, 0.25) is 0 Å². The van der Waals surface area contributed by atoms with Gasteiger partial charge < -0.3 is 10.1 Å². The smallest absolute Gasteiger partial charge is 0.0759 e. The molecule has 1 saturated carbocycles. The van der Waals surface area contributed by atoms with E-state index in [-0.39, 0.29) is 0 Å². The van der Waals surface area contributed by atoms with Gasteiger partial charge in [-0.25, -0.2) is 0 Å². The summed E-state index contributed by atoms with van der Waals surface area (Å²) in [5.41, 5.74) is 1.36. The van der Waals surface area contributed by atoms with Crippen LogP contribution in [0.1, 0.15) is 25.3 Å². The Bertz CT molecular complexity index is 379. The van der Waals surface area contributed by atoms with Gasteiger partial charge in [-0.15, -0.1) is 0 Å². The van der Waals surface area contributed by atoms with E-state index in [1.807, 2.05) is 7.05 Å². The van der Waals surface area contributed by atoms with Crippen molar-refractivity contribution in [3.05, 3.63) is 34.3 Å². The predicted octanol–water partition coefficient (Wildman–Crippen LogP) is 3.39. The summed E-state index contributed by atoms with van der Waals surface area (Å²) in [6.07, 6.45) is 4.03. The van der Waals surface area contributed by atoms with E-state index in [0.29, 0.717) is 12.1 Å². The first-order valence-electron chi connectivity index (χ1n) is 6.78. The van der Waals surface area contributed by atoms with Crippen molar-refractivity contribution in [3.8, 4) is 0 Å². The van der Waals surface area contributed by atoms with E-state index >= 15 is 0 Å². The molecule has 0 heterocycles. The topological polar surface area (TPSA) is 21.3 Å². The minimum atomic E-state index is 0.360. The highest BCUT2D eigenvalue weighted by Crippen LogP contribution is 2.36. The third kappa shape index (κ3) is 3.81. The molecule has 0 radical (unpaired) electrons. The lowest BCUT2D eigenvalue weighted by molar-refractivity contribution is 0.0211. The van der Waals surface area contributed by atoms with Crippen LogP contribution in [0.4, 0.5) is 0 Å². The normalized spacial score (nSPS) is 18.6. The zero-order chi connectivity index (χ0) is 13.0. The highest BCUT2D eigenvalue weighted by Gasteiger charge is 2.36. The lowest BCUT2D eigenvalue weighted by Crippen LogP contribution is -2.42. The summed E-state index contributed by atoms with van der Waals surface area (Å²) in [6.45, 7) is 2.89. The van der Waals surface area contributed by atoms with Crippen LogP contribution < -0.4 is 5.32 Å². The first kappa shape index (κ1) is 14.0. The molecule has 1 aromatic carbocycles. The van der Waals surface area contributed by atoms with Crippen molar-refractivity contribution in [2.75, 3.05) is 13.7 Å². The van der Waals surface area contributed by atoms with E-state index in [9.17, 15) is 0 Å². The second-order valence-corrected chi connectivity index (χ2v) is 5.90. The molecule has 2 unspecified atom stereocenters. The van der Waals surface area contributed by atoms with Gasteiger partial charge in [-0.2, -0.15) is 0 Å². The van der Waals surface area contributed by atoms with E-state index in [1.54, 1.807) is 0 Å². The quantitative estimate of drug-likeness (QED) is 0.833. The molecule has 3 heteroatoms. The Hall–Kier alpha value is -0.380. The Morgan fingerprint density at radius 1 is 1.44 bits per heavy atom. The van der Waals surface area contributed by atoms with Crippen molar-refractivity contribution >= 4 is 15.9 Å². The van der Waals surface area contributed by atoms with Gasteiger partial charge in [0.25, 0.3) is 0 Å². The lowest BCUT2D eigenvalue weighted by atomic mass is 9.98. The predicted molar refractivity (Wildman–Crippen MR) is 78.8 cm³/mol. The van der Waals surface area contributed by atoms with Crippen LogP contribution >= 0.6 is 15.9 Å². The average molecular weight is 312 g/mol. The third-order valence-corrected chi connectivity index (χ3v) is 4.05. The Balaban J connectivity index is 2.03. The van der Waals surface area contributed by atoms with Crippen molar-refractivity contribution in [2.24, 2.45) is 5.92 Å². The van der Waals surface area contributed by atoms with Gasteiger partial charge >= 0.3 is 0 Å². The summed E-state index contributed by atoms with van der Waals surface area (Å²) >= 11 is 3.53. The molecule has 1 aromatic rings. The Morgan fingerprint density at radius 2 is 2.22 bits per heavy atom. The van der Waals surface area contributed by atoms with E-state index in [2.05, 4.69) is 52.4 Å². The van der Waals surface area contributed by atoms with Crippen LogP contribution in [0.5, 0.6) is 0 Å². The van der Waals surface area contributed by atoms with Gasteiger partial charge in [-0.05, 0) is 56.8 Å². The van der Waals surface area contributed by atoms with Crippen LogP contribution in [0.3, 0.4) is 0 Å². The largest absolute Gasteiger partial charge is 0.377 e. The van der Waals surface area contributed by atoms with Gasteiger partial charge in [0.15, 0.2) is 0 Å². The number of nitrogens with one attached hydrogen (secondary N) is 1. The van der Waals surface area contributed by atoms with Crippen molar-refractivity contribution in [1.82, 2.24) is 5.32 Å². The molecule has 2 nitrogen and oxygen atoms in total. The van der Waals surface area contributed by atoms with Crippen molar-refractivity contribution < 1.29 is 4.74 Å². The molecule has 2 atom stereocenters. The summed E-state index contributed by atoms with van der Waals surface area (Å²) in [5.74, 6) is 0.759. The second-order valence-electron chi connectivity index (χ2n) is 4.99. The zero-order valence-electron chi connectivity index (χ0n) is 11.2. The molecule has 100 valence electrons. The van der Waals surface area contributed by atoms with Crippen LogP contribution in [0.2, 0.25) is 0 Å². The Morgan fingerprint density at radius 3 is 2.78 bits per heavy atom. The first-order valence-corrected chi connectivity index (χ1v) is 7.57. The van der Waals surface area contributed by atoms with Crippen LogP contribution in [-0.2, 0) is 11.2 Å². The van der Waals surface area contributed by atoms with Gasteiger partial charge in [-0.3, -0.25) is 0 Å². The number of halogens is 1. The molecule has 0 amide bonds. The highest BCUT2D eigenvalue weighted by atomic mass is 79.9. The number of likely N-dealkylation sites (N-methyl/N-ethyl adjacent to an activating group) is 1. The summed E-state index contributed by atoms with van der Waals surface area (Å²) in [6, 6.07) is 8.95. The fourth-order valence-corrected chi connectivity index (χ4v) is 2.94. The van der Waals surface area contributed by atoms with Crippen LogP contribution in [-0.4, -0.2) is 25.8 Å². The Kier molecular flexibility index (Phi) is 5.22. The van der Waals surface area contributed by atoms with Gasteiger partial charge in [-0.1, -0.05) is 28.1 Å². The maximum Gasteiger partial charge on any atom is 0.0759 e. The van der Waals surface area contributed by atoms with E-state index in [4.69, 9.17) is 4.74 Å². The summed E-state index contributed by atoms with van der Waals surface area (Å²) in [5, 5.41) is 3.44. The second kappa shape index (κ2) is 6.69. The van der Waals surface area contributed by atoms with Crippen LogP contribution in [0.15, 0.2) is 28.7 Å². The minimum Gasteiger partial charge on any atom is -0.377 e. The monoisotopic (exact) mass is 311 g/mol. The van der Waals surface area contributed by atoms with Gasteiger partial charge in [0.05, 0.1) is 6.10 Å². The van der Waals surface area contributed by atoms with Gasteiger partial charge in [0, 0.05) is 17.1 Å². The fourth-order valence-electron chi connectivity index (χ4n) is 2.50. The van der Waals surface area contributed by atoms with Crippen molar-refractivity contribution in [1.29, 1.82) is 0 Å². The molecule has 18 heavy (non-hydrogen) atoms. The van der Waals surface area contributed by atoms with Crippen LogP contribution in [0, 0.1) is 5.92 Å². The molecule has 0 aliphatic heterocycles. The van der Waals surface area contributed by atoms with Crippen LogP contribution in [0.25, 0.3) is 0 Å². The van der Waals surface area contributed by atoms with Gasteiger partial charge in [0.1, 0.15) is 0 Å². The fraction of sp³-hybridized carbons (Fsp3) is 0.600. The number of ether oxygens (including phenoxy) is 1. The molecule has 0 aromatic heterocycles. The Labute approximate surface area is 118 Å². The molecular weight excluding hydrogens is 290 g/mol. The van der Waals surface area contributed by atoms with E-state index < -0.39 is 0 Å². The summed E-state index contributed by atoms with van der Waals surface area (Å²) in [7, 11) is 2.04. The summed E-state index contributed by atoms with van der Waals surface area (Å²) in [4.78, 5) is 0. The first-order chi connectivity index (χ1) is 8.74. The maximum absolute atomic E-state index is 5.95. The highest BCUT2D eigenvalue weighted by molar-refractivity contribution is 9.10. The van der Waals surface area contributed by atoms with Crippen molar-refractivity contribution in [2.45, 2.75) is 38.3 Å². The third-order valence-electron chi connectivity index (χ3n) is 3.56.